The highest BCUT2D eigenvalue weighted by atomic mass is 127. The number of benzene rings is 2. The van der Waals surface area contributed by atoms with Crippen LogP contribution in [-0.2, 0) is 11.3 Å². The summed E-state index contributed by atoms with van der Waals surface area (Å²) in [4.78, 5) is 12.3. The molecule has 1 amide bonds. The average molecular weight is 448 g/mol. The van der Waals surface area contributed by atoms with Gasteiger partial charge >= 0.3 is 0 Å². The van der Waals surface area contributed by atoms with Gasteiger partial charge in [0.05, 0.1) is 14.2 Å². The van der Waals surface area contributed by atoms with Gasteiger partial charge in [0, 0.05) is 21.7 Å². The standard InChI is InChI=1S/C19H17IN2O3/c1-24-17-8-5-14(18(10-17)25-2)12-22-19(23)15(11-21)9-13-3-6-16(20)7-4-13/h3-10H,12H2,1-2H3,(H,22,23)/b15-9+. The van der Waals surface area contributed by atoms with E-state index in [1.54, 1.807) is 32.4 Å². The van der Waals surface area contributed by atoms with E-state index in [0.29, 0.717) is 11.5 Å². The lowest BCUT2D eigenvalue weighted by molar-refractivity contribution is -0.117. The zero-order valence-electron chi connectivity index (χ0n) is 13.9. The number of halogens is 1. The molecule has 0 aromatic heterocycles. The third-order valence-corrected chi connectivity index (χ3v) is 4.20. The van der Waals surface area contributed by atoms with Crippen molar-refractivity contribution < 1.29 is 14.3 Å². The van der Waals surface area contributed by atoms with Gasteiger partial charge in [-0.15, -0.1) is 0 Å². The number of nitriles is 1. The SMILES string of the molecule is COc1ccc(CNC(=O)/C(C#N)=C/c2ccc(I)cc2)c(OC)c1. The Kier molecular flexibility index (Phi) is 6.83. The first-order chi connectivity index (χ1) is 12.1. The van der Waals surface area contributed by atoms with E-state index in [0.717, 1.165) is 14.7 Å². The van der Waals surface area contributed by atoms with Crippen LogP contribution in [0.4, 0.5) is 0 Å². The van der Waals surface area contributed by atoms with Crippen LogP contribution in [0.5, 0.6) is 11.5 Å². The molecule has 0 heterocycles. The Balaban J connectivity index is 2.10. The van der Waals surface area contributed by atoms with Gasteiger partial charge in [-0.2, -0.15) is 5.26 Å². The van der Waals surface area contributed by atoms with Crippen molar-refractivity contribution in [3.05, 3.63) is 62.7 Å². The molecule has 0 unspecified atom stereocenters. The van der Waals surface area contributed by atoms with Crippen molar-refractivity contribution in [2.75, 3.05) is 14.2 Å². The van der Waals surface area contributed by atoms with Crippen LogP contribution in [0.1, 0.15) is 11.1 Å². The Labute approximate surface area is 160 Å². The summed E-state index contributed by atoms with van der Waals surface area (Å²) in [6.07, 6.45) is 1.57. The van der Waals surface area contributed by atoms with Crippen molar-refractivity contribution in [1.82, 2.24) is 5.32 Å². The van der Waals surface area contributed by atoms with Gasteiger partial charge in [0.1, 0.15) is 23.1 Å². The van der Waals surface area contributed by atoms with Gasteiger partial charge in [-0.3, -0.25) is 4.79 Å². The molecule has 2 aromatic rings. The average Bonchev–Trinajstić information content (AvgIpc) is 2.65. The van der Waals surface area contributed by atoms with Crippen molar-refractivity contribution in [3.63, 3.8) is 0 Å². The zero-order valence-corrected chi connectivity index (χ0v) is 16.0. The maximum Gasteiger partial charge on any atom is 0.262 e. The maximum absolute atomic E-state index is 12.3. The summed E-state index contributed by atoms with van der Waals surface area (Å²) in [5.74, 6) is 0.849. The first-order valence-electron chi connectivity index (χ1n) is 7.44. The van der Waals surface area contributed by atoms with Crippen molar-refractivity contribution in [3.8, 4) is 17.6 Å². The van der Waals surface area contributed by atoms with Gasteiger partial charge in [-0.1, -0.05) is 12.1 Å². The fraction of sp³-hybridized carbons (Fsp3) is 0.158. The van der Waals surface area contributed by atoms with Gasteiger partial charge in [-0.05, 0) is 58.5 Å². The summed E-state index contributed by atoms with van der Waals surface area (Å²) in [7, 11) is 3.13. The number of rotatable bonds is 6. The summed E-state index contributed by atoms with van der Waals surface area (Å²) in [6, 6.07) is 14.8. The fourth-order valence-corrected chi connectivity index (χ4v) is 2.50. The minimum atomic E-state index is -0.432. The molecule has 0 aliphatic carbocycles. The van der Waals surface area contributed by atoms with Crippen LogP contribution in [0.25, 0.3) is 6.08 Å². The third kappa shape index (κ3) is 5.22. The molecule has 25 heavy (non-hydrogen) atoms. The monoisotopic (exact) mass is 448 g/mol. The second-order valence-corrected chi connectivity index (χ2v) is 6.33. The Bertz CT molecular complexity index is 824. The minimum Gasteiger partial charge on any atom is -0.497 e. The molecule has 0 saturated carbocycles. The van der Waals surface area contributed by atoms with E-state index in [-0.39, 0.29) is 12.1 Å². The Hall–Kier alpha value is -2.53. The van der Waals surface area contributed by atoms with Crippen LogP contribution in [0.15, 0.2) is 48.0 Å². The Morgan fingerprint density at radius 3 is 2.52 bits per heavy atom. The van der Waals surface area contributed by atoms with E-state index < -0.39 is 5.91 Å². The summed E-state index contributed by atoms with van der Waals surface area (Å²) in [5.41, 5.74) is 1.64. The van der Waals surface area contributed by atoms with E-state index >= 15 is 0 Å². The van der Waals surface area contributed by atoms with E-state index in [1.165, 1.54) is 0 Å². The number of hydrogen-bond acceptors (Lipinski definition) is 4. The third-order valence-electron chi connectivity index (χ3n) is 3.48. The smallest absolute Gasteiger partial charge is 0.262 e. The van der Waals surface area contributed by atoms with E-state index in [1.807, 2.05) is 36.4 Å². The molecular weight excluding hydrogens is 431 g/mol. The second kappa shape index (κ2) is 9.08. The van der Waals surface area contributed by atoms with Crippen LogP contribution >= 0.6 is 22.6 Å². The number of amides is 1. The Morgan fingerprint density at radius 2 is 1.92 bits per heavy atom. The topological polar surface area (TPSA) is 71.3 Å². The first-order valence-corrected chi connectivity index (χ1v) is 8.51. The molecule has 6 heteroatoms. The molecule has 0 aliphatic heterocycles. The van der Waals surface area contributed by atoms with Gasteiger partial charge in [0.15, 0.2) is 0 Å². The predicted octanol–water partition coefficient (Wildman–Crippen LogP) is 3.53. The van der Waals surface area contributed by atoms with Gasteiger partial charge < -0.3 is 14.8 Å². The first kappa shape index (κ1) is 18.8. The molecule has 2 rings (SSSR count). The van der Waals surface area contributed by atoms with Crippen molar-refractivity contribution in [1.29, 1.82) is 5.26 Å². The maximum atomic E-state index is 12.3. The number of carbonyl (C=O) groups is 1. The summed E-state index contributed by atoms with van der Waals surface area (Å²) in [5, 5.41) is 12.0. The van der Waals surface area contributed by atoms with E-state index in [2.05, 4.69) is 27.9 Å². The number of nitrogens with one attached hydrogen (secondary N) is 1. The second-order valence-electron chi connectivity index (χ2n) is 5.08. The molecule has 0 radical (unpaired) electrons. The molecule has 5 nitrogen and oxygen atoms in total. The number of carbonyl (C=O) groups excluding carboxylic acids is 1. The largest absolute Gasteiger partial charge is 0.497 e. The van der Waals surface area contributed by atoms with Crippen LogP contribution in [0.2, 0.25) is 0 Å². The number of hydrogen-bond donors (Lipinski definition) is 1. The molecule has 0 saturated heterocycles. The summed E-state index contributed by atoms with van der Waals surface area (Å²) in [6.45, 7) is 0.248. The molecule has 0 atom stereocenters. The highest BCUT2D eigenvalue weighted by molar-refractivity contribution is 14.1. The molecule has 0 bridgehead atoms. The van der Waals surface area contributed by atoms with Crippen LogP contribution in [0.3, 0.4) is 0 Å². The fourth-order valence-electron chi connectivity index (χ4n) is 2.14. The van der Waals surface area contributed by atoms with Crippen LogP contribution in [-0.4, -0.2) is 20.1 Å². The van der Waals surface area contributed by atoms with E-state index in [4.69, 9.17) is 9.47 Å². The molecule has 1 N–H and O–H groups in total. The van der Waals surface area contributed by atoms with Gasteiger partial charge in [0.2, 0.25) is 0 Å². The molecule has 0 spiro atoms. The normalized spacial score (nSPS) is 10.7. The lowest BCUT2D eigenvalue weighted by Crippen LogP contribution is -2.24. The van der Waals surface area contributed by atoms with Crippen LogP contribution in [0, 0.1) is 14.9 Å². The van der Waals surface area contributed by atoms with Crippen molar-refractivity contribution in [2.45, 2.75) is 6.54 Å². The summed E-state index contributed by atoms with van der Waals surface area (Å²) >= 11 is 2.20. The van der Waals surface area contributed by atoms with Gasteiger partial charge in [0.25, 0.3) is 5.91 Å². The highest BCUT2D eigenvalue weighted by Gasteiger charge is 2.11. The number of ether oxygens (including phenoxy) is 2. The zero-order chi connectivity index (χ0) is 18.2. The minimum absolute atomic E-state index is 0.0497. The van der Waals surface area contributed by atoms with E-state index in [9.17, 15) is 10.1 Å². The quantitative estimate of drug-likeness (QED) is 0.417. The summed E-state index contributed by atoms with van der Waals surface area (Å²) < 4.78 is 11.5. The molecule has 128 valence electrons. The lowest BCUT2D eigenvalue weighted by atomic mass is 10.1. The van der Waals surface area contributed by atoms with Crippen LogP contribution < -0.4 is 14.8 Å². The molecule has 0 fully saturated rings. The van der Waals surface area contributed by atoms with Crippen molar-refractivity contribution >= 4 is 34.6 Å². The van der Waals surface area contributed by atoms with Crippen molar-refractivity contribution in [2.24, 2.45) is 0 Å². The number of methoxy groups -OCH3 is 2. The molecule has 2 aromatic carbocycles. The Morgan fingerprint density at radius 1 is 1.20 bits per heavy atom. The molecule has 0 aliphatic rings. The highest BCUT2D eigenvalue weighted by Crippen LogP contribution is 2.24. The predicted molar refractivity (Wildman–Crippen MR) is 104 cm³/mol. The lowest BCUT2D eigenvalue weighted by Gasteiger charge is -2.11. The van der Waals surface area contributed by atoms with Gasteiger partial charge in [-0.25, -0.2) is 0 Å². The number of nitrogens with zero attached hydrogens (tertiary/aromatic N) is 1. The molecular formula is C19H17IN2O3.